The van der Waals surface area contributed by atoms with Crippen molar-refractivity contribution < 1.29 is 4.79 Å². The third-order valence-corrected chi connectivity index (χ3v) is 2.62. The lowest BCUT2D eigenvalue weighted by Gasteiger charge is -2.14. The van der Waals surface area contributed by atoms with Crippen molar-refractivity contribution in [2.45, 2.75) is 32.1 Å². The molecule has 1 rings (SSSR count). The van der Waals surface area contributed by atoms with E-state index in [1.807, 2.05) is 6.08 Å². The molecule has 0 N–H and O–H groups in total. The zero-order valence-corrected chi connectivity index (χ0v) is 6.96. The first-order valence-electron chi connectivity index (χ1n) is 4.44. The Labute approximate surface area is 68.5 Å². The summed E-state index contributed by atoms with van der Waals surface area (Å²) < 4.78 is 0. The number of carbonyl (C=O) groups is 1. The van der Waals surface area contributed by atoms with Crippen LogP contribution >= 0.6 is 0 Å². The molecule has 1 saturated carbocycles. The van der Waals surface area contributed by atoms with Crippen LogP contribution in [0.1, 0.15) is 32.1 Å². The van der Waals surface area contributed by atoms with Crippen molar-refractivity contribution in [1.82, 2.24) is 0 Å². The smallest absolute Gasteiger partial charge is 0.123 e. The molecule has 0 radical (unpaired) electrons. The predicted octanol–water partition coefficient (Wildman–Crippen LogP) is 2.57. The first-order chi connectivity index (χ1) is 5.38. The normalized spacial score (nSPS) is 21.5. The molecule has 62 valence electrons. The van der Waals surface area contributed by atoms with Gasteiger partial charge >= 0.3 is 0 Å². The summed E-state index contributed by atoms with van der Waals surface area (Å²) >= 11 is 0. The molecular weight excluding hydrogens is 136 g/mol. The van der Waals surface area contributed by atoms with Crippen molar-refractivity contribution >= 4 is 6.29 Å². The highest BCUT2D eigenvalue weighted by Gasteiger charge is 2.23. The molecule has 1 aliphatic rings. The average molecular weight is 152 g/mol. The Morgan fingerprint density at radius 3 is 2.55 bits per heavy atom. The second-order valence-electron chi connectivity index (χ2n) is 3.37. The highest BCUT2D eigenvalue weighted by atomic mass is 16.1. The van der Waals surface area contributed by atoms with Crippen molar-refractivity contribution in [3.8, 4) is 0 Å². The fourth-order valence-electron chi connectivity index (χ4n) is 1.94. The number of carbonyl (C=O) groups excluding carboxylic acids is 1. The van der Waals surface area contributed by atoms with Crippen LogP contribution in [0.2, 0.25) is 0 Å². The maximum Gasteiger partial charge on any atom is 0.123 e. The molecule has 0 saturated heterocycles. The topological polar surface area (TPSA) is 17.1 Å². The standard InChI is InChI=1S/C10H16O/c1-2-5-10(8-11)9-6-3-4-7-9/h2,8-10H,1,3-7H2. The summed E-state index contributed by atoms with van der Waals surface area (Å²) in [6.45, 7) is 3.66. The lowest BCUT2D eigenvalue weighted by atomic mass is 9.89. The van der Waals surface area contributed by atoms with Crippen LogP contribution in [0, 0.1) is 11.8 Å². The SMILES string of the molecule is C=CCC(C=O)C1CCCC1. The highest BCUT2D eigenvalue weighted by Crippen LogP contribution is 2.31. The Morgan fingerprint density at radius 2 is 2.09 bits per heavy atom. The molecule has 0 aliphatic heterocycles. The van der Waals surface area contributed by atoms with E-state index in [2.05, 4.69) is 6.58 Å². The van der Waals surface area contributed by atoms with Gasteiger partial charge in [0.25, 0.3) is 0 Å². The monoisotopic (exact) mass is 152 g/mol. The molecule has 0 spiro atoms. The van der Waals surface area contributed by atoms with E-state index in [9.17, 15) is 4.79 Å². The van der Waals surface area contributed by atoms with Gasteiger partial charge in [0, 0.05) is 5.92 Å². The second kappa shape index (κ2) is 4.32. The summed E-state index contributed by atoms with van der Waals surface area (Å²) in [7, 11) is 0. The molecule has 1 nitrogen and oxygen atoms in total. The van der Waals surface area contributed by atoms with Gasteiger partial charge in [-0.25, -0.2) is 0 Å². The Hall–Kier alpha value is -0.590. The van der Waals surface area contributed by atoms with Crippen molar-refractivity contribution in [3.05, 3.63) is 12.7 Å². The van der Waals surface area contributed by atoms with Crippen molar-refractivity contribution in [2.75, 3.05) is 0 Å². The first kappa shape index (κ1) is 8.51. The molecule has 1 unspecified atom stereocenters. The van der Waals surface area contributed by atoms with E-state index < -0.39 is 0 Å². The number of rotatable bonds is 4. The largest absolute Gasteiger partial charge is 0.303 e. The van der Waals surface area contributed by atoms with Crippen LogP contribution in [0.4, 0.5) is 0 Å². The highest BCUT2D eigenvalue weighted by molar-refractivity contribution is 5.54. The second-order valence-corrected chi connectivity index (χ2v) is 3.37. The van der Waals surface area contributed by atoms with Crippen LogP contribution in [0.25, 0.3) is 0 Å². The molecule has 0 aromatic carbocycles. The van der Waals surface area contributed by atoms with Crippen LogP contribution in [-0.4, -0.2) is 6.29 Å². The van der Waals surface area contributed by atoms with Gasteiger partial charge in [0.05, 0.1) is 0 Å². The molecule has 1 fully saturated rings. The van der Waals surface area contributed by atoms with Gasteiger partial charge in [-0.15, -0.1) is 6.58 Å². The van der Waals surface area contributed by atoms with Gasteiger partial charge in [-0.1, -0.05) is 18.9 Å². The van der Waals surface area contributed by atoms with Gasteiger partial charge in [-0.3, -0.25) is 0 Å². The summed E-state index contributed by atoms with van der Waals surface area (Å²) in [6.07, 6.45) is 8.95. The Balaban J connectivity index is 2.39. The molecule has 0 aromatic rings. The van der Waals surface area contributed by atoms with Crippen LogP contribution in [0.15, 0.2) is 12.7 Å². The fraction of sp³-hybridized carbons (Fsp3) is 0.700. The first-order valence-corrected chi connectivity index (χ1v) is 4.44. The number of hydrogen-bond donors (Lipinski definition) is 0. The fourth-order valence-corrected chi connectivity index (χ4v) is 1.94. The van der Waals surface area contributed by atoms with Gasteiger partial charge in [0.15, 0.2) is 0 Å². The minimum Gasteiger partial charge on any atom is -0.303 e. The summed E-state index contributed by atoms with van der Waals surface area (Å²) in [5.74, 6) is 0.917. The minimum atomic E-state index is 0.259. The van der Waals surface area contributed by atoms with Crippen LogP contribution in [0.3, 0.4) is 0 Å². The molecule has 1 atom stereocenters. The quantitative estimate of drug-likeness (QED) is 0.447. The lowest BCUT2D eigenvalue weighted by molar-refractivity contribution is -0.112. The summed E-state index contributed by atoms with van der Waals surface area (Å²) in [5.41, 5.74) is 0. The van der Waals surface area contributed by atoms with Gasteiger partial charge in [-0.2, -0.15) is 0 Å². The van der Waals surface area contributed by atoms with E-state index in [0.29, 0.717) is 5.92 Å². The molecule has 1 heteroatoms. The molecule has 0 heterocycles. The predicted molar refractivity (Wildman–Crippen MR) is 46.3 cm³/mol. The molecule has 1 aliphatic carbocycles. The third kappa shape index (κ3) is 2.18. The average Bonchev–Trinajstić information content (AvgIpc) is 2.52. The zero-order chi connectivity index (χ0) is 8.10. The van der Waals surface area contributed by atoms with E-state index in [1.165, 1.54) is 25.7 Å². The van der Waals surface area contributed by atoms with Crippen LogP contribution in [-0.2, 0) is 4.79 Å². The minimum absolute atomic E-state index is 0.259. The van der Waals surface area contributed by atoms with E-state index in [1.54, 1.807) is 0 Å². The maximum atomic E-state index is 10.6. The van der Waals surface area contributed by atoms with Crippen molar-refractivity contribution in [2.24, 2.45) is 11.8 Å². The van der Waals surface area contributed by atoms with Crippen molar-refractivity contribution in [3.63, 3.8) is 0 Å². The van der Waals surface area contributed by atoms with E-state index >= 15 is 0 Å². The molecule has 11 heavy (non-hydrogen) atoms. The number of hydrogen-bond acceptors (Lipinski definition) is 1. The van der Waals surface area contributed by atoms with Crippen LogP contribution in [0.5, 0.6) is 0 Å². The Kier molecular flexibility index (Phi) is 3.34. The maximum absolute atomic E-state index is 10.6. The Morgan fingerprint density at radius 1 is 1.45 bits per heavy atom. The van der Waals surface area contributed by atoms with Gasteiger partial charge in [-0.05, 0) is 25.2 Å². The summed E-state index contributed by atoms with van der Waals surface area (Å²) in [6, 6.07) is 0. The van der Waals surface area contributed by atoms with E-state index in [-0.39, 0.29) is 5.92 Å². The number of aldehydes is 1. The van der Waals surface area contributed by atoms with Gasteiger partial charge in [0.1, 0.15) is 6.29 Å². The third-order valence-electron chi connectivity index (χ3n) is 2.62. The van der Waals surface area contributed by atoms with Gasteiger partial charge in [0.2, 0.25) is 0 Å². The van der Waals surface area contributed by atoms with Gasteiger partial charge < -0.3 is 4.79 Å². The molecule has 0 aromatic heterocycles. The lowest BCUT2D eigenvalue weighted by Crippen LogP contribution is -2.11. The zero-order valence-electron chi connectivity index (χ0n) is 6.96. The van der Waals surface area contributed by atoms with E-state index in [0.717, 1.165) is 12.7 Å². The van der Waals surface area contributed by atoms with Crippen molar-refractivity contribution in [1.29, 1.82) is 0 Å². The Bertz CT molecular complexity index is 134. The molecule has 0 bridgehead atoms. The summed E-state index contributed by atoms with van der Waals surface area (Å²) in [5, 5.41) is 0. The molecule has 0 amide bonds. The van der Waals surface area contributed by atoms with E-state index in [4.69, 9.17) is 0 Å². The van der Waals surface area contributed by atoms with Crippen LogP contribution < -0.4 is 0 Å². The molecular formula is C10H16O. The summed E-state index contributed by atoms with van der Waals surface area (Å²) in [4.78, 5) is 10.6. The number of allylic oxidation sites excluding steroid dienone is 1.